The number of thioether (sulfide) groups is 1. The minimum atomic E-state index is 0.169. The number of carbonyl (C=O) groups is 1. The molecule has 0 aromatic rings. The van der Waals surface area contributed by atoms with Crippen molar-refractivity contribution < 1.29 is 4.79 Å². The Morgan fingerprint density at radius 3 is 2.64 bits per heavy atom. The predicted octanol–water partition coefficient (Wildman–Crippen LogP) is 1.07. The molecule has 1 radical (unpaired) electrons. The molecule has 0 saturated heterocycles. The van der Waals surface area contributed by atoms with Crippen LogP contribution in [-0.4, -0.2) is 42.8 Å². The highest BCUT2D eigenvalue weighted by Gasteiger charge is 1.94. The molecule has 0 unspecified atom stereocenters. The van der Waals surface area contributed by atoms with Crippen LogP contribution in [0.2, 0.25) is 0 Å². The van der Waals surface area contributed by atoms with Crippen molar-refractivity contribution in [3.63, 3.8) is 0 Å². The molecule has 0 heterocycles. The second kappa shape index (κ2) is 6.68. The topological polar surface area (TPSA) is 20.3 Å². The van der Waals surface area contributed by atoms with Crippen molar-refractivity contribution in [2.24, 2.45) is 0 Å². The Morgan fingerprint density at radius 1 is 1.55 bits per heavy atom. The van der Waals surface area contributed by atoms with Gasteiger partial charge >= 0.3 is 0 Å². The molecular formula is C8H16NOS. The predicted molar refractivity (Wildman–Crippen MR) is 50.9 cm³/mol. The van der Waals surface area contributed by atoms with Crippen LogP contribution < -0.4 is 0 Å². The first-order chi connectivity index (χ1) is 5.13. The van der Waals surface area contributed by atoms with Crippen molar-refractivity contribution in [1.29, 1.82) is 0 Å². The molecule has 0 aliphatic rings. The van der Waals surface area contributed by atoms with E-state index in [0.29, 0.717) is 0 Å². The summed E-state index contributed by atoms with van der Waals surface area (Å²) in [5, 5.41) is 0. The van der Waals surface area contributed by atoms with E-state index in [2.05, 4.69) is 19.0 Å². The summed E-state index contributed by atoms with van der Waals surface area (Å²) in [6, 6.07) is 0. The van der Waals surface area contributed by atoms with Gasteiger partial charge in [0, 0.05) is 24.5 Å². The van der Waals surface area contributed by atoms with Crippen LogP contribution in [0.4, 0.5) is 0 Å². The Balaban J connectivity index is 2.97. The van der Waals surface area contributed by atoms with Gasteiger partial charge in [0.15, 0.2) is 0 Å². The zero-order valence-electron chi connectivity index (χ0n) is 7.46. The van der Waals surface area contributed by atoms with Gasteiger partial charge in [0.2, 0.25) is 0 Å². The molecule has 0 atom stereocenters. The lowest BCUT2D eigenvalue weighted by atomic mass is 10.4. The SMILES string of the molecule is CC(=O)[CH]CSCCN(C)C. The number of hydrogen-bond acceptors (Lipinski definition) is 3. The average molecular weight is 174 g/mol. The normalized spacial score (nSPS) is 10.5. The van der Waals surface area contributed by atoms with Gasteiger partial charge in [0.1, 0.15) is 5.78 Å². The van der Waals surface area contributed by atoms with Gasteiger partial charge in [-0.3, -0.25) is 4.79 Å². The van der Waals surface area contributed by atoms with Crippen molar-refractivity contribution in [2.45, 2.75) is 6.92 Å². The first kappa shape index (κ1) is 11.0. The zero-order valence-corrected chi connectivity index (χ0v) is 8.28. The molecule has 0 N–H and O–H groups in total. The van der Waals surface area contributed by atoms with Gasteiger partial charge in [-0.15, -0.1) is 0 Å². The summed E-state index contributed by atoms with van der Waals surface area (Å²) in [5.74, 6) is 2.11. The van der Waals surface area contributed by atoms with Crippen LogP contribution >= 0.6 is 11.8 Å². The van der Waals surface area contributed by atoms with Crippen LogP contribution in [0, 0.1) is 6.42 Å². The number of hydrogen-bond donors (Lipinski definition) is 0. The van der Waals surface area contributed by atoms with Gasteiger partial charge < -0.3 is 4.90 Å². The highest BCUT2D eigenvalue weighted by atomic mass is 32.2. The largest absolute Gasteiger partial charge is 0.309 e. The quantitative estimate of drug-likeness (QED) is 0.562. The highest BCUT2D eigenvalue weighted by Crippen LogP contribution is 2.01. The average Bonchev–Trinajstić information content (AvgIpc) is 1.85. The lowest BCUT2D eigenvalue weighted by molar-refractivity contribution is -0.113. The van der Waals surface area contributed by atoms with E-state index in [1.165, 1.54) is 0 Å². The van der Waals surface area contributed by atoms with Gasteiger partial charge in [-0.05, 0) is 21.0 Å². The van der Waals surface area contributed by atoms with E-state index in [4.69, 9.17) is 0 Å². The number of nitrogens with zero attached hydrogens (tertiary/aromatic N) is 1. The van der Waals surface area contributed by atoms with E-state index in [-0.39, 0.29) is 5.78 Å². The van der Waals surface area contributed by atoms with Gasteiger partial charge in [-0.25, -0.2) is 0 Å². The van der Waals surface area contributed by atoms with Crippen LogP contribution in [0.15, 0.2) is 0 Å². The molecule has 2 nitrogen and oxygen atoms in total. The van der Waals surface area contributed by atoms with E-state index >= 15 is 0 Å². The second-order valence-corrected chi connectivity index (χ2v) is 3.84. The van der Waals surface area contributed by atoms with Crippen molar-refractivity contribution in [3.05, 3.63) is 6.42 Å². The fraction of sp³-hybridized carbons (Fsp3) is 0.750. The van der Waals surface area contributed by atoms with Crippen molar-refractivity contribution >= 4 is 17.5 Å². The van der Waals surface area contributed by atoms with Crippen LogP contribution in [0.5, 0.6) is 0 Å². The summed E-state index contributed by atoms with van der Waals surface area (Å²) in [6.07, 6.45) is 1.72. The fourth-order valence-corrected chi connectivity index (χ4v) is 1.52. The molecule has 0 aliphatic heterocycles. The Hall–Kier alpha value is -0.0200. The summed E-state index contributed by atoms with van der Waals surface area (Å²) in [7, 11) is 4.10. The zero-order chi connectivity index (χ0) is 8.69. The maximum Gasteiger partial charge on any atom is 0.134 e. The van der Waals surface area contributed by atoms with E-state index in [9.17, 15) is 4.79 Å². The molecule has 0 bridgehead atoms. The molecule has 0 saturated carbocycles. The number of Topliss-reactive ketones (excluding diaryl/α,β-unsaturated/α-hetero) is 1. The van der Waals surface area contributed by atoms with Crippen LogP contribution in [0.25, 0.3) is 0 Å². The maximum atomic E-state index is 10.5. The third-order valence-corrected chi connectivity index (χ3v) is 2.05. The van der Waals surface area contributed by atoms with Gasteiger partial charge in [-0.2, -0.15) is 11.8 Å². The summed E-state index contributed by atoms with van der Waals surface area (Å²) in [4.78, 5) is 12.6. The number of rotatable bonds is 6. The molecule has 3 heteroatoms. The monoisotopic (exact) mass is 174 g/mol. The molecule has 0 spiro atoms. The van der Waals surface area contributed by atoms with Crippen molar-refractivity contribution in [3.8, 4) is 0 Å². The lowest BCUT2D eigenvalue weighted by Gasteiger charge is -2.07. The Kier molecular flexibility index (Phi) is 6.66. The first-order valence-corrected chi connectivity index (χ1v) is 4.84. The summed E-state index contributed by atoms with van der Waals surface area (Å²) in [6.45, 7) is 2.67. The van der Waals surface area contributed by atoms with E-state index in [1.54, 1.807) is 25.1 Å². The third kappa shape index (κ3) is 9.98. The molecule has 0 fully saturated rings. The van der Waals surface area contributed by atoms with E-state index < -0.39 is 0 Å². The summed E-state index contributed by atoms with van der Waals surface area (Å²) < 4.78 is 0. The molecule has 0 aromatic heterocycles. The van der Waals surface area contributed by atoms with Gasteiger partial charge in [0.25, 0.3) is 0 Å². The molecule has 0 aliphatic carbocycles. The Labute approximate surface area is 73.3 Å². The van der Waals surface area contributed by atoms with Crippen LogP contribution in [0.3, 0.4) is 0 Å². The maximum absolute atomic E-state index is 10.5. The molecule has 65 valence electrons. The summed E-state index contributed by atoms with van der Waals surface area (Å²) in [5.41, 5.74) is 0. The Bertz CT molecular complexity index is 115. The first-order valence-electron chi connectivity index (χ1n) is 3.69. The fourth-order valence-electron chi connectivity index (χ4n) is 0.507. The second-order valence-electron chi connectivity index (χ2n) is 2.69. The third-order valence-electron chi connectivity index (χ3n) is 1.17. The van der Waals surface area contributed by atoms with Gasteiger partial charge in [-0.1, -0.05) is 0 Å². The molecule has 11 heavy (non-hydrogen) atoms. The Morgan fingerprint density at radius 2 is 2.18 bits per heavy atom. The number of ketones is 1. The van der Waals surface area contributed by atoms with E-state index in [1.807, 2.05) is 0 Å². The number of carbonyl (C=O) groups excluding carboxylic acids is 1. The molecule has 0 rings (SSSR count). The van der Waals surface area contributed by atoms with Crippen LogP contribution in [-0.2, 0) is 4.79 Å². The lowest BCUT2D eigenvalue weighted by Crippen LogP contribution is -2.15. The minimum absolute atomic E-state index is 0.169. The van der Waals surface area contributed by atoms with Gasteiger partial charge in [0.05, 0.1) is 0 Å². The van der Waals surface area contributed by atoms with Crippen LogP contribution in [0.1, 0.15) is 6.92 Å². The smallest absolute Gasteiger partial charge is 0.134 e. The van der Waals surface area contributed by atoms with E-state index in [0.717, 1.165) is 18.1 Å². The highest BCUT2D eigenvalue weighted by molar-refractivity contribution is 7.99. The molecule has 0 aromatic carbocycles. The minimum Gasteiger partial charge on any atom is -0.309 e. The van der Waals surface area contributed by atoms with Crippen molar-refractivity contribution in [2.75, 3.05) is 32.1 Å². The molecule has 0 amide bonds. The van der Waals surface area contributed by atoms with Crippen molar-refractivity contribution in [1.82, 2.24) is 4.90 Å². The summed E-state index contributed by atoms with van der Waals surface area (Å²) >= 11 is 1.79. The molecular weight excluding hydrogens is 158 g/mol. The standard InChI is InChI=1S/C8H16NOS/c1-8(10)4-6-11-7-5-9(2)3/h4H,5-7H2,1-3H3.